The molecule has 2 atom stereocenters. The average molecular weight is 482 g/mol. The van der Waals surface area contributed by atoms with Crippen LogP contribution in [-0.4, -0.2) is 78.0 Å². The first-order chi connectivity index (χ1) is 17.1. The van der Waals surface area contributed by atoms with E-state index in [1.165, 1.54) is 11.1 Å². The zero-order chi connectivity index (χ0) is 24.6. The van der Waals surface area contributed by atoms with Gasteiger partial charge in [-0.15, -0.1) is 0 Å². The van der Waals surface area contributed by atoms with E-state index < -0.39 is 6.10 Å². The van der Waals surface area contributed by atoms with Crippen molar-refractivity contribution in [1.82, 2.24) is 15.1 Å². The summed E-state index contributed by atoms with van der Waals surface area (Å²) in [5.41, 5.74) is 4.30. The van der Waals surface area contributed by atoms with Crippen LogP contribution in [0.25, 0.3) is 0 Å². The van der Waals surface area contributed by atoms with Gasteiger partial charge < -0.3 is 25.2 Å². The first kappa shape index (κ1) is 25.6. The highest BCUT2D eigenvalue weighted by molar-refractivity contribution is 5.97. The number of carbonyl (C=O) groups is 1. The van der Waals surface area contributed by atoms with Gasteiger partial charge in [-0.1, -0.05) is 43.7 Å². The van der Waals surface area contributed by atoms with E-state index in [1.807, 2.05) is 18.2 Å². The second kappa shape index (κ2) is 12.5. The number of fused-ring (bicyclic) bond motifs is 2. The second-order valence-electron chi connectivity index (χ2n) is 9.81. The highest BCUT2D eigenvalue weighted by Crippen LogP contribution is 2.25. The Morgan fingerprint density at radius 2 is 1.94 bits per heavy atom. The van der Waals surface area contributed by atoms with Crippen molar-refractivity contribution < 1.29 is 19.7 Å². The fourth-order valence-corrected chi connectivity index (χ4v) is 5.09. The number of hydrogen-bond acceptors (Lipinski definition) is 6. The third-order valence-electron chi connectivity index (χ3n) is 7.01. The molecule has 7 heteroatoms. The Labute approximate surface area is 208 Å². The van der Waals surface area contributed by atoms with Crippen LogP contribution >= 0.6 is 0 Å². The van der Waals surface area contributed by atoms with Crippen molar-refractivity contribution in [2.45, 2.75) is 45.4 Å². The van der Waals surface area contributed by atoms with Crippen molar-refractivity contribution >= 4 is 5.91 Å². The number of β-amino-alcohol motifs (C(OH)–C–C–N with tert-alkyl or cyclic N) is 1. The van der Waals surface area contributed by atoms with E-state index in [-0.39, 0.29) is 18.4 Å². The number of rotatable bonds is 11. The molecule has 4 rings (SSSR count). The molecule has 7 nitrogen and oxygen atoms in total. The Bertz CT molecular complexity index is 982. The highest BCUT2D eigenvalue weighted by Gasteiger charge is 2.27. The second-order valence-corrected chi connectivity index (χ2v) is 9.81. The topological polar surface area (TPSA) is 85.3 Å². The normalized spacial score (nSPS) is 17.8. The minimum Gasteiger partial charge on any atom is -0.491 e. The Morgan fingerprint density at radius 1 is 1.11 bits per heavy atom. The molecule has 2 heterocycles. The maximum Gasteiger partial charge on any atom is 0.257 e. The summed E-state index contributed by atoms with van der Waals surface area (Å²) in [5, 5.41) is 23.7. The molecule has 2 aliphatic rings. The molecule has 0 bridgehead atoms. The van der Waals surface area contributed by atoms with Crippen LogP contribution < -0.4 is 10.1 Å². The lowest BCUT2D eigenvalue weighted by molar-refractivity contribution is 0.0501. The van der Waals surface area contributed by atoms with Crippen LogP contribution in [0.2, 0.25) is 0 Å². The molecule has 2 aromatic carbocycles. The lowest BCUT2D eigenvalue weighted by Crippen LogP contribution is -2.44. The van der Waals surface area contributed by atoms with E-state index >= 15 is 0 Å². The molecule has 190 valence electrons. The minimum atomic E-state index is -0.614. The van der Waals surface area contributed by atoms with Crippen LogP contribution in [0.4, 0.5) is 0 Å². The Hall–Kier alpha value is -2.45. The summed E-state index contributed by atoms with van der Waals surface area (Å²) in [5.74, 6) is 0.771. The van der Waals surface area contributed by atoms with Crippen molar-refractivity contribution in [2.24, 2.45) is 5.92 Å². The molecule has 0 aromatic heterocycles. The average Bonchev–Trinajstić information content (AvgIpc) is 3.01. The number of nitrogens with zero attached hydrogens (tertiary/aromatic N) is 2. The first-order valence-electron chi connectivity index (χ1n) is 12.9. The Balaban J connectivity index is 1.31. The molecule has 0 fully saturated rings. The zero-order valence-electron chi connectivity index (χ0n) is 20.8. The minimum absolute atomic E-state index is 0.0941. The van der Waals surface area contributed by atoms with Crippen LogP contribution in [0.15, 0.2) is 42.5 Å². The van der Waals surface area contributed by atoms with Gasteiger partial charge in [0.25, 0.3) is 5.91 Å². The third kappa shape index (κ3) is 6.82. The fourth-order valence-electron chi connectivity index (χ4n) is 5.09. The molecule has 3 N–H and O–H groups in total. The van der Waals surface area contributed by atoms with E-state index in [0.29, 0.717) is 44.1 Å². The van der Waals surface area contributed by atoms with Gasteiger partial charge in [-0.05, 0) is 47.6 Å². The molecule has 0 radical (unpaired) electrons. The van der Waals surface area contributed by atoms with E-state index in [1.54, 1.807) is 4.90 Å². The summed E-state index contributed by atoms with van der Waals surface area (Å²) < 4.78 is 5.93. The first-order valence-corrected chi connectivity index (χ1v) is 12.9. The van der Waals surface area contributed by atoms with Gasteiger partial charge in [0.05, 0.1) is 18.2 Å². The molecule has 0 spiro atoms. The summed E-state index contributed by atoms with van der Waals surface area (Å²) in [7, 11) is 0. The highest BCUT2D eigenvalue weighted by atomic mass is 16.5. The molecule has 0 saturated heterocycles. The standard InChI is InChI=1S/C28H39N3O4/c1-2-5-22(20-32)16-29-15-21-8-9-26-27(14-21)35-13-12-31(28(26)34)19-25(33)18-30-11-10-23-6-3-4-7-24(23)17-30/h3-4,6-9,14,22,25,29,32-33H,2,5,10-13,15-20H2,1H3. The molecule has 1 amide bonds. The van der Waals surface area contributed by atoms with Gasteiger partial charge in [0.1, 0.15) is 12.4 Å². The maximum absolute atomic E-state index is 13.2. The van der Waals surface area contributed by atoms with Crippen molar-refractivity contribution in [3.63, 3.8) is 0 Å². The quantitative estimate of drug-likeness (QED) is 0.457. The number of nitrogens with one attached hydrogen (secondary N) is 1. The SMILES string of the molecule is CCCC(CO)CNCc1ccc2c(c1)OCCN(CC(O)CN1CCc3ccccc3C1)C2=O. The number of aliphatic hydroxyl groups is 2. The van der Waals surface area contributed by atoms with E-state index in [4.69, 9.17) is 4.74 Å². The maximum atomic E-state index is 13.2. The van der Waals surface area contributed by atoms with Gasteiger partial charge in [0.2, 0.25) is 0 Å². The number of aliphatic hydroxyl groups excluding tert-OH is 2. The number of benzene rings is 2. The number of amides is 1. The zero-order valence-corrected chi connectivity index (χ0v) is 20.8. The van der Waals surface area contributed by atoms with E-state index in [2.05, 4.69) is 41.4 Å². The van der Waals surface area contributed by atoms with Gasteiger partial charge in [0, 0.05) is 45.9 Å². The van der Waals surface area contributed by atoms with Crippen LogP contribution in [0, 0.1) is 5.92 Å². The third-order valence-corrected chi connectivity index (χ3v) is 7.01. The predicted molar refractivity (Wildman–Crippen MR) is 136 cm³/mol. The summed E-state index contributed by atoms with van der Waals surface area (Å²) in [6, 6.07) is 14.2. The monoisotopic (exact) mass is 481 g/mol. The van der Waals surface area contributed by atoms with Gasteiger partial charge >= 0.3 is 0 Å². The number of carbonyl (C=O) groups excluding carboxylic acids is 1. The molecule has 2 aliphatic heterocycles. The largest absolute Gasteiger partial charge is 0.491 e. The Kier molecular flexibility index (Phi) is 9.15. The lowest BCUT2D eigenvalue weighted by Gasteiger charge is -2.32. The molecule has 0 saturated carbocycles. The van der Waals surface area contributed by atoms with Gasteiger partial charge in [-0.25, -0.2) is 0 Å². The van der Waals surface area contributed by atoms with Gasteiger partial charge in [0.15, 0.2) is 0 Å². The van der Waals surface area contributed by atoms with Crippen molar-refractivity contribution in [2.75, 3.05) is 45.9 Å². The van der Waals surface area contributed by atoms with Crippen LogP contribution in [-0.2, 0) is 19.5 Å². The smallest absolute Gasteiger partial charge is 0.257 e. The van der Waals surface area contributed by atoms with Crippen molar-refractivity contribution in [3.8, 4) is 5.75 Å². The predicted octanol–water partition coefficient (Wildman–Crippen LogP) is 2.44. The molecule has 2 aromatic rings. The van der Waals surface area contributed by atoms with Crippen molar-refractivity contribution in [3.05, 3.63) is 64.7 Å². The summed E-state index contributed by atoms with van der Waals surface area (Å²) in [6.07, 6.45) is 2.43. The van der Waals surface area contributed by atoms with Crippen LogP contribution in [0.1, 0.15) is 46.8 Å². The lowest BCUT2D eigenvalue weighted by atomic mass is 10.00. The summed E-state index contributed by atoms with van der Waals surface area (Å²) >= 11 is 0. The number of hydrogen-bond donors (Lipinski definition) is 3. The van der Waals surface area contributed by atoms with Crippen LogP contribution in [0.5, 0.6) is 5.75 Å². The van der Waals surface area contributed by atoms with Crippen LogP contribution in [0.3, 0.4) is 0 Å². The van der Waals surface area contributed by atoms with Gasteiger partial charge in [-0.3, -0.25) is 9.69 Å². The van der Waals surface area contributed by atoms with E-state index in [9.17, 15) is 15.0 Å². The van der Waals surface area contributed by atoms with E-state index in [0.717, 1.165) is 44.5 Å². The Morgan fingerprint density at radius 3 is 2.74 bits per heavy atom. The summed E-state index contributed by atoms with van der Waals surface area (Å²) in [4.78, 5) is 17.2. The van der Waals surface area contributed by atoms with Gasteiger partial charge in [-0.2, -0.15) is 0 Å². The molecular formula is C28H39N3O4. The molecule has 2 unspecified atom stereocenters. The molecule has 0 aliphatic carbocycles. The molecule has 35 heavy (non-hydrogen) atoms. The number of ether oxygens (including phenoxy) is 1. The molecular weight excluding hydrogens is 442 g/mol. The summed E-state index contributed by atoms with van der Waals surface area (Å²) in [6.45, 7) is 7.19. The van der Waals surface area contributed by atoms with Crippen molar-refractivity contribution in [1.29, 1.82) is 0 Å². The fraction of sp³-hybridized carbons (Fsp3) is 0.536.